The summed E-state index contributed by atoms with van der Waals surface area (Å²) in [5, 5.41) is 25.2. The molecule has 2 aromatic rings. The van der Waals surface area contributed by atoms with Gasteiger partial charge in [-0.3, -0.25) is 34.4 Å². The second-order valence-corrected chi connectivity index (χ2v) is 13.0. The van der Waals surface area contributed by atoms with Crippen molar-refractivity contribution in [1.29, 1.82) is 5.41 Å². The van der Waals surface area contributed by atoms with Crippen molar-refractivity contribution in [2.45, 2.75) is 94.7 Å². The van der Waals surface area contributed by atoms with Gasteiger partial charge in [-0.25, -0.2) is 0 Å². The van der Waals surface area contributed by atoms with Crippen molar-refractivity contribution in [3.05, 3.63) is 71.3 Å². The number of carboxylic acid groups (broad SMARTS) is 1. The van der Waals surface area contributed by atoms with Gasteiger partial charge in [0.05, 0.1) is 5.92 Å². The van der Waals surface area contributed by atoms with Gasteiger partial charge in [-0.05, 0) is 49.1 Å². The molecular formula is C36H51N9O6. The Morgan fingerprint density at radius 1 is 0.784 bits per heavy atom. The lowest BCUT2D eigenvalue weighted by molar-refractivity contribution is -0.138. The van der Waals surface area contributed by atoms with Crippen LogP contribution in [-0.2, 0) is 30.4 Å². The van der Waals surface area contributed by atoms with E-state index in [0.717, 1.165) is 37.7 Å². The van der Waals surface area contributed by atoms with E-state index in [2.05, 4.69) is 20.9 Å². The molecule has 2 aromatic carbocycles. The fraction of sp³-hybridized carbons (Fsp3) is 0.472. The summed E-state index contributed by atoms with van der Waals surface area (Å²) in [7, 11) is 0. The molecular weight excluding hydrogens is 654 g/mol. The van der Waals surface area contributed by atoms with Gasteiger partial charge in [0.2, 0.25) is 23.6 Å². The van der Waals surface area contributed by atoms with Crippen LogP contribution >= 0.6 is 0 Å². The van der Waals surface area contributed by atoms with Crippen LogP contribution in [-0.4, -0.2) is 71.2 Å². The molecule has 0 aliphatic heterocycles. The highest BCUT2D eigenvalue weighted by atomic mass is 16.4. The number of primary amides is 1. The number of nitrogens with two attached hydrogens (primary N) is 4. The molecule has 15 heteroatoms. The van der Waals surface area contributed by atoms with Crippen LogP contribution in [0.2, 0.25) is 0 Å². The minimum atomic E-state index is -1.32. The minimum Gasteiger partial charge on any atom is -0.481 e. The molecule has 1 aliphatic rings. The predicted octanol–water partition coefficient (Wildman–Crippen LogP) is 1.13. The number of benzene rings is 2. The number of nitrogen functional groups attached to an aromatic ring is 1. The Bertz CT molecular complexity index is 1520. The maximum Gasteiger partial charge on any atom is 0.303 e. The van der Waals surface area contributed by atoms with Gasteiger partial charge in [0.15, 0.2) is 5.96 Å². The highest BCUT2D eigenvalue weighted by Gasteiger charge is 2.32. The summed E-state index contributed by atoms with van der Waals surface area (Å²) in [5.74, 6) is -4.59. The predicted molar refractivity (Wildman–Crippen MR) is 193 cm³/mol. The highest BCUT2D eigenvalue weighted by Crippen LogP contribution is 2.27. The third kappa shape index (κ3) is 13.8. The zero-order valence-electron chi connectivity index (χ0n) is 28.8. The molecule has 0 spiro atoms. The number of carbonyl (C=O) groups excluding carboxylic acids is 4. The maximum absolute atomic E-state index is 13.9. The summed E-state index contributed by atoms with van der Waals surface area (Å²) in [6, 6.07) is 12.4. The number of amidine groups is 1. The van der Waals surface area contributed by atoms with Crippen LogP contribution in [0.4, 0.5) is 0 Å². The maximum atomic E-state index is 13.9. The van der Waals surface area contributed by atoms with Crippen LogP contribution < -0.4 is 38.9 Å². The second kappa shape index (κ2) is 20.3. The van der Waals surface area contributed by atoms with Gasteiger partial charge in [-0.2, -0.15) is 0 Å². The summed E-state index contributed by atoms with van der Waals surface area (Å²) < 4.78 is 0. The molecule has 0 saturated heterocycles. The molecule has 13 N–H and O–H groups in total. The zero-order chi connectivity index (χ0) is 37.3. The van der Waals surface area contributed by atoms with Crippen molar-refractivity contribution < 1.29 is 29.1 Å². The van der Waals surface area contributed by atoms with E-state index in [9.17, 15) is 29.1 Å². The number of hydrogen-bond acceptors (Lipinski definition) is 7. The molecule has 0 heterocycles. The molecule has 1 saturated carbocycles. The van der Waals surface area contributed by atoms with Crippen molar-refractivity contribution in [1.82, 2.24) is 16.0 Å². The summed E-state index contributed by atoms with van der Waals surface area (Å²) in [6.07, 6.45) is 5.32. The van der Waals surface area contributed by atoms with Crippen LogP contribution in [0.1, 0.15) is 86.8 Å². The molecule has 15 nitrogen and oxygen atoms in total. The first-order valence-corrected chi connectivity index (χ1v) is 17.3. The number of nitrogens with one attached hydrogen (secondary N) is 4. The number of carboxylic acids is 1. The SMILES string of the molecule is N=C(N)c1ccc(C[C@@H](C(=O)N[C@@H](CCC(=O)O)C(=O)N[C@@H](CCCN=C(N)N)C(=O)N[C@@H](CC2CCCCC2)C(N)=O)c2ccccc2)cc1. The van der Waals surface area contributed by atoms with Gasteiger partial charge >= 0.3 is 5.97 Å². The molecule has 4 atom stereocenters. The Labute approximate surface area is 297 Å². The average molecular weight is 706 g/mol. The van der Waals surface area contributed by atoms with Crippen LogP contribution in [0.5, 0.6) is 0 Å². The van der Waals surface area contributed by atoms with E-state index < -0.39 is 60.1 Å². The van der Waals surface area contributed by atoms with Crippen molar-refractivity contribution in [2.24, 2.45) is 33.8 Å². The van der Waals surface area contributed by atoms with Crippen molar-refractivity contribution in [2.75, 3.05) is 6.54 Å². The number of carbonyl (C=O) groups is 5. The summed E-state index contributed by atoms with van der Waals surface area (Å²) >= 11 is 0. The number of rotatable bonds is 20. The standard InChI is InChI=1S/C36H51N9O6/c37-31(38)25-15-13-23(14-16-25)20-26(24-10-5-2-6-11-24)33(49)43-28(17-18-30(46)47)35(51)44-27(12-7-19-42-36(40)41)34(50)45-29(32(39)48)21-22-8-3-1-4-9-22/h2,5-6,10-11,13-16,22,26-29H,1,3-4,7-9,12,17-21H2,(H3,37,38)(H2,39,48)(H,43,49)(H,44,51)(H,45,50)(H,46,47)(H4,40,41,42)/t26-,27+,28+,29+/m1/s1. The van der Waals surface area contributed by atoms with Crippen LogP contribution in [0.3, 0.4) is 0 Å². The Hall–Kier alpha value is -5.47. The van der Waals surface area contributed by atoms with Gasteiger partial charge in [0.1, 0.15) is 24.0 Å². The molecule has 0 radical (unpaired) electrons. The monoisotopic (exact) mass is 705 g/mol. The van der Waals surface area contributed by atoms with Crippen LogP contribution in [0, 0.1) is 11.3 Å². The molecule has 0 bridgehead atoms. The Morgan fingerprint density at radius 3 is 1.94 bits per heavy atom. The number of guanidine groups is 1. The lowest BCUT2D eigenvalue weighted by Crippen LogP contribution is -2.57. The van der Waals surface area contributed by atoms with E-state index in [1.807, 2.05) is 0 Å². The number of amides is 4. The Morgan fingerprint density at radius 2 is 1.37 bits per heavy atom. The van der Waals surface area contributed by atoms with E-state index >= 15 is 0 Å². The second-order valence-electron chi connectivity index (χ2n) is 13.0. The molecule has 3 rings (SSSR count). The van der Waals surface area contributed by atoms with E-state index in [4.69, 9.17) is 28.3 Å². The third-order valence-corrected chi connectivity index (χ3v) is 9.04. The fourth-order valence-corrected chi connectivity index (χ4v) is 6.23. The quantitative estimate of drug-likeness (QED) is 0.0541. The first-order chi connectivity index (χ1) is 24.3. The van der Waals surface area contributed by atoms with Crippen molar-refractivity contribution in [3.8, 4) is 0 Å². The summed E-state index contributed by atoms with van der Waals surface area (Å²) in [5.41, 5.74) is 24.1. The first kappa shape index (κ1) is 40.0. The largest absolute Gasteiger partial charge is 0.481 e. The van der Waals surface area contributed by atoms with Gasteiger partial charge in [-0.15, -0.1) is 0 Å². The lowest BCUT2D eigenvalue weighted by atomic mass is 9.84. The van der Waals surface area contributed by atoms with Gasteiger partial charge in [-0.1, -0.05) is 86.7 Å². The molecule has 0 unspecified atom stereocenters. The number of aliphatic carboxylic acids is 1. The zero-order valence-corrected chi connectivity index (χ0v) is 28.8. The smallest absolute Gasteiger partial charge is 0.303 e. The Balaban J connectivity index is 1.83. The molecule has 4 amide bonds. The Kier molecular flexibility index (Phi) is 15.9. The third-order valence-electron chi connectivity index (χ3n) is 9.04. The molecule has 0 aromatic heterocycles. The number of aliphatic imine (C=N–C) groups is 1. The van der Waals surface area contributed by atoms with Crippen molar-refractivity contribution in [3.63, 3.8) is 0 Å². The average Bonchev–Trinajstić information content (AvgIpc) is 3.10. The van der Waals surface area contributed by atoms with Crippen LogP contribution in [0.15, 0.2) is 59.6 Å². The fourth-order valence-electron chi connectivity index (χ4n) is 6.23. The van der Waals surface area contributed by atoms with E-state index in [0.29, 0.717) is 17.5 Å². The summed E-state index contributed by atoms with van der Waals surface area (Å²) in [4.78, 5) is 69.3. The van der Waals surface area contributed by atoms with E-state index in [1.54, 1.807) is 54.6 Å². The van der Waals surface area contributed by atoms with E-state index in [1.165, 1.54) is 0 Å². The summed E-state index contributed by atoms with van der Waals surface area (Å²) in [6.45, 7) is 0.161. The highest BCUT2D eigenvalue weighted by molar-refractivity contribution is 5.96. The molecule has 276 valence electrons. The van der Waals surface area contributed by atoms with E-state index in [-0.39, 0.29) is 49.9 Å². The molecule has 51 heavy (non-hydrogen) atoms. The minimum absolute atomic E-state index is 0.0752. The topological polar surface area (TPSA) is 282 Å². The van der Waals surface area contributed by atoms with Gasteiger partial charge in [0.25, 0.3) is 0 Å². The van der Waals surface area contributed by atoms with Gasteiger partial charge in [0, 0.05) is 18.5 Å². The lowest BCUT2D eigenvalue weighted by Gasteiger charge is -2.28. The number of hydrogen-bond donors (Lipinski definition) is 9. The van der Waals surface area contributed by atoms with Crippen molar-refractivity contribution >= 4 is 41.4 Å². The normalized spacial score (nSPS) is 15.3. The molecule has 1 fully saturated rings. The molecule has 1 aliphatic carbocycles. The van der Waals surface area contributed by atoms with Gasteiger partial charge < -0.3 is 44.0 Å². The first-order valence-electron chi connectivity index (χ1n) is 17.3. The van der Waals surface area contributed by atoms with Crippen LogP contribution in [0.25, 0.3) is 0 Å². The number of nitrogens with zero attached hydrogens (tertiary/aromatic N) is 1.